The first-order valence-corrected chi connectivity index (χ1v) is 10.6. The van der Waals surface area contributed by atoms with Crippen LogP contribution in [0.2, 0.25) is 0 Å². The van der Waals surface area contributed by atoms with Gasteiger partial charge in [0.2, 0.25) is 5.43 Å². The number of halogens is 1. The molecule has 0 unspecified atom stereocenters. The molecule has 2 aromatic heterocycles. The normalized spacial score (nSPS) is 17.2. The van der Waals surface area contributed by atoms with E-state index in [9.17, 15) is 14.0 Å². The van der Waals surface area contributed by atoms with Crippen LogP contribution in [0.25, 0.3) is 5.69 Å². The fourth-order valence-corrected chi connectivity index (χ4v) is 4.06. The maximum atomic E-state index is 14.3. The smallest absolute Gasteiger partial charge is 0.278 e. The van der Waals surface area contributed by atoms with Gasteiger partial charge in [-0.1, -0.05) is 12.1 Å². The molecule has 5 rings (SSSR count). The van der Waals surface area contributed by atoms with E-state index in [1.165, 1.54) is 16.8 Å². The van der Waals surface area contributed by atoms with E-state index in [2.05, 4.69) is 20.3 Å². The summed E-state index contributed by atoms with van der Waals surface area (Å²) in [7, 11) is 0. The lowest BCUT2D eigenvalue weighted by atomic mass is 9.96. The second-order valence-electron chi connectivity index (χ2n) is 8.28. The Labute approximate surface area is 178 Å². The van der Waals surface area contributed by atoms with Gasteiger partial charge in [0, 0.05) is 36.7 Å². The van der Waals surface area contributed by atoms with E-state index in [1.807, 2.05) is 0 Å². The van der Waals surface area contributed by atoms with Crippen LogP contribution in [0.5, 0.6) is 0 Å². The number of H-pyrrole nitrogens is 1. The van der Waals surface area contributed by atoms with Gasteiger partial charge in [0.1, 0.15) is 17.3 Å². The van der Waals surface area contributed by atoms with Crippen LogP contribution < -0.4 is 5.43 Å². The first-order chi connectivity index (χ1) is 15.0. The van der Waals surface area contributed by atoms with E-state index in [1.54, 1.807) is 30.0 Å². The van der Waals surface area contributed by atoms with E-state index in [0.717, 1.165) is 37.3 Å². The number of rotatable bonds is 4. The SMILES string of the molecule is Cc1cc(=O)c(C(=O)N2CCC(c3nc(C4CC4)n[nH]3)CC2)nn1-c1ccccc1F. The van der Waals surface area contributed by atoms with E-state index >= 15 is 0 Å². The molecule has 1 amide bonds. The zero-order valence-corrected chi connectivity index (χ0v) is 17.2. The fourth-order valence-electron chi connectivity index (χ4n) is 4.06. The summed E-state index contributed by atoms with van der Waals surface area (Å²) in [6.07, 6.45) is 3.77. The van der Waals surface area contributed by atoms with Crippen molar-refractivity contribution in [2.45, 2.75) is 44.4 Å². The van der Waals surface area contributed by atoms with Crippen molar-refractivity contribution in [1.82, 2.24) is 29.9 Å². The van der Waals surface area contributed by atoms with Crippen molar-refractivity contribution in [3.63, 3.8) is 0 Å². The number of nitrogens with zero attached hydrogens (tertiary/aromatic N) is 5. The van der Waals surface area contributed by atoms with Gasteiger partial charge in [0.25, 0.3) is 5.91 Å². The lowest BCUT2D eigenvalue weighted by Crippen LogP contribution is -2.41. The molecule has 9 heteroatoms. The Morgan fingerprint density at radius 1 is 1.13 bits per heavy atom. The number of aromatic amines is 1. The number of hydrogen-bond donors (Lipinski definition) is 1. The van der Waals surface area contributed by atoms with Crippen LogP contribution in [0.1, 0.15) is 65.4 Å². The van der Waals surface area contributed by atoms with Gasteiger partial charge in [0.15, 0.2) is 11.5 Å². The van der Waals surface area contributed by atoms with E-state index in [-0.39, 0.29) is 17.3 Å². The topological polar surface area (TPSA) is 96.8 Å². The molecule has 0 radical (unpaired) electrons. The van der Waals surface area contributed by atoms with Crippen molar-refractivity contribution >= 4 is 5.91 Å². The molecule has 1 aromatic carbocycles. The van der Waals surface area contributed by atoms with Gasteiger partial charge in [0.05, 0.1) is 0 Å². The zero-order valence-electron chi connectivity index (χ0n) is 17.2. The Hall–Kier alpha value is -3.36. The summed E-state index contributed by atoms with van der Waals surface area (Å²) in [6, 6.07) is 7.47. The quantitative estimate of drug-likeness (QED) is 0.697. The van der Waals surface area contributed by atoms with E-state index < -0.39 is 17.2 Å². The molecule has 31 heavy (non-hydrogen) atoms. The van der Waals surface area contributed by atoms with Gasteiger partial charge < -0.3 is 4.90 Å². The molecule has 1 N–H and O–H groups in total. The number of piperidine rings is 1. The van der Waals surface area contributed by atoms with Crippen LogP contribution in [0.3, 0.4) is 0 Å². The highest BCUT2D eigenvalue weighted by molar-refractivity contribution is 5.92. The van der Waals surface area contributed by atoms with Crippen molar-refractivity contribution < 1.29 is 9.18 Å². The molecule has 0 atom stereocenters. The second-order valence-corrected chi connectivity index (χ2v) is 8.28. The monoisotopic (exact) mass is 422 g/mol. The Morgan fingerprint density at radius 3 is 2.58 bits per heavy atom. The number of aromatic nitrogens is 5. The van der Waals surface area contributed by atoms with Gasteiger partial charge in [-0.2, -0.15) is 10.2 Å². The minimum atomic E-state index is -0.474. The van der Waals surface area contributed by atoms with Crippen LogP contribution in [0, 0.1) is 12.7 Å². The molecule has 1 saturated carbocycles. The van der Waals surface area contributed by atoms with Gasteiger partial charge in [-0.05, 0) is 44.7 Å². The largest absolute Gasteiger partial charge is 0.337 e. The molecule has 1 aliphatic heterocycles. The number of carbonyl (C=O) groups is 1. The predicted molar refractivity (Wildman–Crippen MR) is 111 cm³/mol. The van der Waals surface area contributed by atoms with Crippen LogP contribution in [-0.4, -0.2) is 48.9 Å². The van der Waals surface area contributed by atoms with E-state index in [0.29, 0.717) is 24.7 Å². The highest BCUT2D eigenvalue weighted by Gasteiger charge is 2.31. The Bertz CT molecular complexity index is 1190. The lowest BCUT2D eigenvalue weighted by Gasteiger charge is -2.30. The summed E-state index contributed by atoms with van der Waals surface area (Å²) in [5.74, 6) is 1.58. The maximum absolute atomic E-state index is 14.3. The van der Waals surface area contributed by atoms with Gasteiger partial charge in [-0.25, -0.2) is 14.1 Å². The Kier molecular flexibility index (Phi) is 4.88. The van der Waals surface area contributed by atoms with Crippen LogP contribution in [0.15, 0.2) is 35.1 Å². The number of nitrogens with one attached hydrogen (secondary N) is 1. The highest BCUT2D eigenvalue weighted by atomic mass is 19.1. The summed E-state index contributed by atoms with van der Waals surface area (Å²) in [5.41, 5.74) is 0.0104. The standard InChI is InChI=1S/C22H23FN6O2/c1-13-12-18(30)19(27-29(13)17-5-3-2-4-16(17)23)22(31)28-10-8-15(9-11-28)21-24-20(25-26-21)14-6-7-14/h2-5,12,14-15H,6-11H2,1H3,(H,24,25,26). The molecule has 3 heterocycles. The number of likely N-dealkylation sites (tertiary alicyclic amines) is 1. The molecule has 2 aliphatic rings. The first kappa shape index (κ1) is 19.6. The number of amides is 1. The third kappa shape index (κ3) is 3.75. The molecule has 1 aliphatic carbocycles. The molecule has 8 nitrogen and oxygen atoms in total. The molecule has 2 fully saturated rings. The number of benzene rings is 1. The fraction of sp³-hybridized carbons (Fsp3) is 0.409. The second kappa shape index (κ2) is 7.72. The zero-order chi connectivity index (χ0) is 21.5. The van der Waals surface area contributed by atoms with Crippen molar-refractivity contribution in [3.05, 3.63) is 69.4 Å². The van der Waals surface area contributed by atoms with Crippen molar-refractivity contribution in [1.29, 1.82) is 0 Å². The van der Waals surface area contributed by atoms with E-state index in [4.69, 9.17) is 0 Å². The third-order valence-corrected chi connectivity index (χ3v) is 6.02. The average Bonchev–Trinajstić information content (AvgIpc) is 3.51. The van der Waals surface area contributed by atoms with Crippen LogP contribution in [-0.2, 0) is 0 Å². The maximum Gasteiger partial charge on any atom is 0.278 e. The molecule has 0 bridgehead atoms. The summed E-state index contributed by atoms with van der Waals surface area (Å²) in [4.78, 5) is 31.8. The predicted octanol–water partition coefficient (Wildman–Crippen LogP) is 2.70. The highest BCUT2D eigenvalue weighted by Crippen LogP contribution is 2.38. The number of hydrogen-bond acceptors (Lipinski definition) is 5. The third-order valence-electron chi connectivity index (χ3n) is 6.02. The van der Waals surface area contributed by atoms with Gasteiger partial charge in [-0.15, -0.1) is 0 Å². The molecule has 0 spiro atoms. The first-order valence-electron chi connectivity index (χ1n) is 10.6. The van der Waals surface area contributed by atoms with Gasteiger partial charge >= 0.3 is 0 Å². The Morgan fingerprint density at radius 2 is 1.87 bits per heavy atom. The van der Waals surface area contributed by atoms with Gasteiger partial charge in [-0.3, -0.25) is 14.7 Å². The summed E-state index contributed by atoms with van der Waals surface area (Å²) < 4.78 is 15.6. The molecular weight excluding hydrogens is 399 g/mol. The number of carbonyl (C=O) groups excluding carboxylic acids is 1. The van der Waals surface area contributed by atoms with Crippen LogP contribution in [0.4, 0.5) is 4.39 Å². The molecule has 3 aromatic rings. The van der Waals surface area contributed by atoms with Crippen molar-refractivity contribution in [2.24, 2.45) is 0 Å². The molecule has 1 saturated heterocycles. The molecule has 160 valence electrons. The number of para-hydroxylation sites is 1. The summed E-state index contributed by atoms with van der Waals surface area (Å²) >= 11 is 0. The minimum absolute atomic E-state index is 0.192. The average molecular weight is 422 g/mol. The van der Waals surface area contributed by atoms with Crippen molar-refractivity contribution in [3.8, 4) is 5.69 Å². The summed E-state index contributed by atoms with van der Waals surface area (Å²) in [6.45, 7) is 2.66. The van der Waals surface area contributed by atoms with Crippen molar-refractivity contribution in [2.75, 3.05) is 13.1 Å². The minimum Gasteiger partial charge on any atom is -0.337 e. The summed E-state index contributed by atoms with van der Waals surface area (Å²) in [5, 5.41) is 11.6. The molecular formula is C22H23FN6O2. The lowest BCUT2D eigenvalue weighted by molar-refractivity contribution is 0.0701. The Balaban J connectivity index is 1.34. The van der Waals surface area contributed by atoms with Crippen LogP contribution >= 0.6 is 0 Å². The number of aryl methyl sites for hydroxylation is 1.